The molecule has 3 aliphatic rings. The Balaban J connectivity index is 1.80. The van der Waals surface area contributed by atoms with E-state index in [2.05, 4.69) is 41.7 Å². The van der Waals surface area contributed by atoms with Gasteiger partial charge in [0, 0.05) is 37.0 Å². The van der Waals surface area contributed by atoms with Crippen molar-refractivity contribution in [3.8, 4) is 0 Å². The molecule has 7 nitrogen and oxygen atoms in total. The minimum Gasteiger partial charge on any atom is -0.373 e. The van der Waals surface area contributed by atoms with Crippen LogP contribution in [0.25, 0.3) is 0 Å². The zero-order valence-corrected chi connectivity index (χ0v) is 23.4. The van der Waals surface area contributed by atoms with Crippen molar-refractivity contribution < 1.29 is 13.6 Å². The molecule has 0 spiro atoms. The Bertz CT molecular complexity index is 795. The lowest BCUT2D eigenvalue weighted by molar-refractivity contribution is -0.128. The lowest BCUT2D eigenvalue weighted by atomic mass is 9.73. The van der Waals surface area contributed by atoms with Crippen LogP contribution in [0.5, 0.6) is 0 Å². The van der Waals surface area contributed by atoms with Crippen LogP contribution in [0.4, 0.5) is 8.78 Å². The van der Waals surface area contributed by atoms with Gasteiger partial charge in [0.15, 0.2) is 6.30 Å². The predicted molar refractivity (Wildman–Crippen MR) is 147 cm³/mol. The smallest absolute Gasteiger partial charge is 0.228 e. The van der Waals surface area contributed by atoms with E-state index in [1.807, 2.05) is 24.9 Å². The van der Waals surface area contributed by atoms with Crippen LogP contribution in [0.1, 0.15) is 72.6 Å². The van der Waals surface area contributed by atoms with Crippen LogP contribution < -0.4 is 21.7 Å². The Labute approximate surface area is 222 Å². The zero-order valence-electron chi connectivity index (χ0n) is 23.4. The molecule has 10 unspecified atom stereocenters. The molecule has 0 saturated carbocycles. The van der Waals surface area contributed by atoms with Gasteiger partial charge in [-0.2, -0.15) is 0 Å². The molecule has 0 aromatic carbocycles. The van der Waals surface area contributed by atoms with Crippen LogP contribution in [-0.2, 0) is 4.79 Å². The Kier molecular flexibility index (Phi) is 11.3. The number of alkyl halides is 2. The van der Waals surface area contributed by atoms with Crippen LogP contribution in [0.15, 0.2) is 16.8 Å². The van der Waals surface area contributed by atoms with Crippen molar-refractivity contribution in [2.24, 2.45) is 34.4 Å². The van der Waals surface area contributed by atoms with Crippen molar-refractivity contribution >= 4 is 12.1 Å². The summed E-state index contributed by atoms with van der Waals surface area (Å²) in [6.07, 6.45) is 5.88. The van der Waals surface area contributed by atoms with Gasteiger partial charge < -0.3 is 21.7 Å². The number of carbonyl (C=O) groups is 1. The predicted octanol–water partition coefficient (Wildman–Crippen LogP) is 3.51. The number of rotatable bonds is 7. The summed E-state index contributed by atoms with van der Waals surface area (Å²) in [7, 11) is 1.85. The maximum absolute atomic E-state index is 14.6. The number of aliphatic imine (C=N–C) groups is 1. The number of nitrogens with one attached hydrogen (secondary N) is 3. The van der Waals surface area contributed by atoms with Crippen LogP contribution >= 0.6 is 0 Å². The summed E-state index contributed by atoms with van der Waals surface area (Å²) >= 11 is 0. The molecule has 2 fully saturated rings. The summed E-state index contributed by atoms with van der Waals surface area (Å²) in [5, 5.41) is 10.1. The number of likely N-dealkylation sites (tertiary alicyclic amines) is 1. The second-order valence-electron chi connectivity index (χ2n) is 11.4. The van der Waals surface area contributed by atoms with Gasteiger partial charge in [0.2, 0.25) is 5.91 Å². The Morgan fingerprint density at radius 1 is 1.24 bits per heavy atom. The van der Waals surface area contributed by atoms with Crippen molar-refractivity contribution in [3.63, 3.8) is 0 Å². The molecule has 3 aliphatic heterocycles. The second-order valence-corrected chi connectivity index (χ2v) is 11.4. The standard InChI is InChI=1S/C28H50F2N6O/c1-6-8-19(7-2)23-11-9-20(29)15-33-17(3)26(27(31)34-23)28(37)35-24-16-32-14-13-22(24)21-10-12-25(30)36(5)18(21)4/h11,15,17-22,24-27,32,34H,6-10,12-14,16,31H2,1-5H3,(H,35,37)/b23-11-,33-15-. The maximum atomic E-state index is 14.6. The SMILES string of the molecule is CCCC(CC)/C1=C/CC(F)/C=N\C(C)C(C(=O)NC2CNCCC2C2CCC(F)N(C)C2C)C(N)N1. The first-order valence-electron chi connectivity index (χ1n) is 14.4. The minimum atomic E-state index is -1.20. The fourth-order valence-corrected chi connectivity index (χ4v) is 6.59. The highest BCUT2D eigenvalue weighted by Crippen LogP contribution is 2.36. The molecule has 37 heavy (non-hydrogen) atoms. The molecule has 0 aliphatic carbocycles. The average molecular weight is 525 g/mol. The molecule has 1 amide bonds. The first-order chi connectivity index (χ1) is 17.7. The van der Waals surface area contributed by atoms with Gasteiger partial charge in [-0.25, -0.2) is 8.78 Å². The number of nitrogens with two attached hydrogens (primary N) is 1. The van der Waals surface area contributed by atoms with Crippen molar-refractivity contribution in [2.45, 2.75) is 109 Å². The van der Waals surface area contributed by atoms with Crippen molar-refractivity contribution in [2.75, 3.05) is 20.1 Å². The third kappa shape index (κ3) is 7.51. The first-order valence-corrected chi connectivity index (χ1v) is 14.4. The summed E-state index contributed by atoms with van der Waals surface area (Å²) in [5.41, 5.74) is 7.60. The third-order valence-corrected chi connectivity index (χ3v) is 9.01. The van der Waals surface area contributed by atoms with Crippen LogP contribution in [0.2, 0.25) is 0 Å². The van der Waals surface area contributed by atoms with E-state index < -0.39 is 30.6 Å². The highest BCUT2D eigenvalue weighted by molar-refractivity contribution is 5.81. The number of amides is 1. The first kappa shape index (κ1) is 30.0. The number of hydrogen-bond acceptors (Lipinski definition) is 6. The molecule has 0 radical (unpaired) electrons. The van der Waals surface area contributed by atoms with Crippen molar-refractivity contribution in [1.29, 1.82) is 0 Å². The molecule has 3 heterocycles. The van der Waals surface area contributed by atoms with Crippen LogP contribution in [0, 0.1) is 23.7 Å². The van der Waals surface area contributed by atoms with Gasteiger partial charge >= 0.3 is 0 Å². The van der Waals surface area contributed by atoms with E-state index >= 15 is 0 Å². The fraction of sp³-hybridized carbons (Fsp3) is 0.857. The molecule has 2 saturated heterocycles. The van der Waals surface area contributed by atoms with Crippen molar-refractivity contribution in [1.82, 2.24) is 20.9 Å². The van der Waals surface area contributed by atoms with E-state index in [9.17, 15) is 13.6 Å². The number of carbonyl (C=O) groups excluding carboxylic acids is 1. The Morgan fingerprint density at radius 2 is 2.00 bits per heavy atom. The van der Waals surface area contributed by atoms with Gasteiger partial charge in [-0.3, -0.25) is 14.7 Å². The van der Waals surface area contributed by atoms with E-state index in [-0.39, 0.29) is 36.2 Å². The quantitative estimate of drug-likeness (QED) is 0.383. The number of halogens is 2. The maximum Gasteiger partial charge on any atom is 0.228 e. The van der Waals surface area contributed by atoms with Gasteiger partial charge in [-0.05, 0) is 77.3 Å². The van der Waals surface area contributed by atoms with Crippen LogP contribution in [-0.4, -0.2) is 73.9 Å². The summed E-state index contributed by atoms with van der Waals surface area (Å²) in [6, 6.07) is -0.455. The molecular formula is C28H50F2N6O. The fourth-order valence-electron chi connectivity index (χ4n) is 6.59. The monoisotopic (exact) mass is 524 g/mol. The zero-order chi connectivity index (χ0) is 27.1. The third-order valence-electron chi connectivity index (χ3n) is 9.01. The Hall–Kier alpha value is -1.58. The molecular weight excluding hydrogens is 474 g/mol. The van der Waals surface area contributed by atoms with Gasteiger partial charge in [-0.1, -0.05) is 26.3 Å². The molecule has 10 atom stereocenters. The molecule has 9 heteroatoms. The Morgan fingerprint density at radius 3 is 2.70 bits per heavy atom. The lowest BCUT2D eigenvalue weighted by Crippen LogP contribution is -2.61. The van der Waals surface area contributed by atoms with Gasteiger partial charge in [0.05, 0.1) is 18.1 Å². The summed E-state index contributed by atoms with van der Waals surface area (Å²) in [4.78, 5) is 20.0. The minimum absolute atomic E-state index is 0.0792. The van der Waals surface area contributed by atoms with Gasteiger partial charge in [0.1, 0.15) is 6.17 Å². The highest BCUT2D eigenvalue weighted by atomic mass is 19.1. The van der Waals surface area contributed by atoms with E-state index in [1.54, 1.807) is 0 Å². The summed E-state index contributed by atoms with van der Waals surface area (Å²) in [6.45, 7) is 9.74. The highest BCUT2D eigenvalue weighted by Gasteiger charge is 2.42. The van der Waals surface area contributed by atoms with Gasteiger partial charge in [0.25, 0.3) is 0 Å². The number of allylic oxidation sites excluding steroid dienone is 2. The number of hydrogen-bond donors (Lipinski definition) is 4. The van der Waals surface area contributed by atoms with E-state index in [4.69, 9.17) is 5.73 Å². The normalized spacial score (nSPS) is 41.1. The van der Waals surface area contributed by atoms with E-state index in [0.717, 1.165) is 44.3 Å². The molecule has 0 bridgehead atoms. The molecule has 0 aromatic heterocycles. The molecule has 212 valence electrons. The number of piperidine rings is 2. The largest absolute Gasteiger partial charge is 0.373 e. The molecule has 3 rings (SSSR count). The topological polar surface area (TPSA) is 94.8 Å². The average Bonchev–Trinajstić information content (AvgIpc) is 2.87. The van der Waals surface area contributed by atoms with E-state index in [0.29, 0.717) is 18.9 Å². The summed E-state index contributed by atoms with van der Waals surface area (Å²) < 4.78 is 28.9. The summed E-state index contributed by atoms with van der Waals surface area (Å²) in [5.74, 6) is -0.0281. The van der Waals surface area contributed by atoms with Crippen LogP contribution in [0.3, 0.4) is 0 Å². The molecule has 5 N–H and O–H groups in total. The van der Waals surface area contributed by atoms with E-state index in [1.165, 1.54) is 6.21 Å². The number of nitrogens with zero attached hydrogens (tertiary/aromatic N) is 2. The van der Waals surface area contributed by atoms with Gasteiger partial charge in [-0.15, -0.1) is 0 Å². The second kappa shape index (κ2) is 14.0. The van der Waals surface area contributed by atoms with Crippen molar-refractivity contribution in [3.05, 3.63) is 11.8 Å². The molecule has 0 aromatic rings. The lowest BCUT2D eigenvalue weighted by Gasteiger charge is -2.47.